The molecular weight excluding hydrogens is 426 g/mol. The van der Waals surface area contributed by atoms with Crippen LogP contribution in [0.4, 0.5) is 5.69 Å². The SMILES string of the molecule is NC[C@@H](O)CC1(O)C(=O)N(C2CCN(C3Cc4cccc5cccc3c45)CC2)c2ccccc21. The van der Waals surface area contributed by atoms with Crippen molar-refractivity contribution in [2.45, 2.75) is 49.5 Å². The Morgan fingerprint density at radius 3 is 2.53 bits per heavy atom. The number of anilines is 1. The number of hydrogen-bond donors (Lipinski definition) is 3. The number of fused-ring (bicyclic) bond motifs is 1. The number of piperidine rings is 1. The zero-order chi connectivity index (χ0) is 23.4. The number of hydrogen-bond acceptors (Lipinski definition) is 5. The summed E-state index contributed by atoms with van der Waals surface area (Å²) in [5.41, 5.74) is 8.04. The van der Waals surface area contributed by atoms with E-state index in [1.807, 2.05) is 18.2 Å². The fourth-order valence-electron chi connectivity index (χ4n) is 6.44. The van der Waals surface area contributed by atoms with Crippen molar-refractivity contribution in [3.8, 4) is 0 Å². The lowest BCUT2D eigenvalue weighted by Gasteiger charge is -2.40. The zero-order valence-electron chi connectivity index (χ0n) is 19.2. The molecule has 3 aromatic carbocycles. The van der Waals surface area contributed by atoms with Crippen molar-refractivity contribution < 1.29 is 15.0 Å². The van der Waals surface area contributed by atoms with E-state index >= 15 is 0 Å². The maximum atomic E-state index is 13.6. The molecule has 6 rings (SSSR count). The van der Waals surface area contributed by atoms with E-state index in [1.165, 1.54) is 21.9 Å². The topological polar surface area (TPSA) is 90.0 Å². The number of para-hydroxylation sites is 1. The van der Waals surface area contributed by atoms with E-state index in [-0.39, 0.29) is 24.9 Å². The van der Waals surface area contributed by atoms with Crippen molar-refractivity contribution in [2.24, 2.45) is 5.73 Å². The number of carbonyl (C=O) groups is 1. The Balaban J connectivity index is 1.23. The molecule has 34 heavy (non-hydrogen) atoms. The van der Waals surface area contributed by atoms with E-state index in [4.69, 9.17) is 5.73 Å². The summed E-state index contributed by atoms with van der Waals surface area (Å²) in [6, 6.07) is 21.0. The Kier molecular flexibility index (Phi) is 5.22. The largest absolute Gasteiger partial charge is 0.392 e. The predicted molar refractivity (Wildman–Crippen MR) is 132 cm³/mol. The summed E-state index contributed by atoms with van der Waals surface area (Å²) >= 11 is 0. The first-order valence-electron chi connectivity index (χ1n) is 12.3. The third-order valence-corrected chi connectivity index (χ3v) is 8.09. The molecule has 0 radical (unpaired) electrons. The Morgan fingerprint density at radius 1 is 1.03 bits per heavy atom. The quantitative estimate of drug-likeness (QED) is 0.548. The minimum absolute atomic E-state index is 0.00662. The van der Waals surface area contributed by atoms with Gasteiger partial charge in [-0.2, -0.15) is 0 Å². The third-order valence-electron chi connectivity index (χ3n) is 8.09. The number of aliphatic hydroxyl groups excluding tert-OH is 1. The monoisotopic (exact) mass is 457 g/mol. The van der Waals surface area contributed by atoms with Crippen LogP contribution >= 0.6 is 0 Å². The Labute approximate surface area is 199 Å². The normalized spacial score (nSPS) is 25.8. The zero-order valence-corrected chi connectivity index (χ0v) is 19.2. The number of rotatable bonds is 5. The van der Waals surface area contributed by atoms with Crippen LogP contribution in [0.5, 0.6) is 0 Å². The molecule has 6 heteroatoms. The van der Waals surface area contributed by atoms with Crippen molar-refractivity contribution in [3.05, 3.63) is 77.4 Å². The van der Waals surface area contributed by atoms with E-state index in [1.54, 1.807) is 11.0 Å². The number of likely N-dealkylation sites (tertiary alicyclic amines) is 1. The molecule has 3 atom stereocenters. The van der Waals surface area contributed by atoms with Gasteiger partial charge in [0.2, 0.25) is 0 Å². The highest BCUT2D eigenvalue weighted by Gasteiger charge is 2.52. The summed E-state index contributed by atoms with van der Waals surface area (Å²) < 4.78 is 0. The van der Waals surface area contributed by atoms with Crippen LogP contribution < -0.4 is 10.6 Å². The van der Waals surface area contributed by atoms with Gasteiger partial charge in [0.1, 0.15) is 0 Å². The molecule has 2 heterocycles. The molecule has 0 saturated carbocycles. The first kappa shape index (κ1) is 21.7. The summed E-state index contributed by atoms with van der Waals surface area (Å²) in [4.78, 5) is 17.9. The van der Waals surface area contributed by atoms with Gasteiger partial charge in [-0.15, -0.1) is 0 Å². The number of amides is 1. The van der Waals surface area contributed by atoms with Gasteiger partial charge in [-0.3, -0.25) is 9.69 Å². The Hall–Kier alpha value is -2.77. The second-order valence-electron chi connectivity index (χ2n) is 10.00. The highest BCUT2D eigenvalue weighted by atomic mass is 16.3. The fourth-order valence-corrected chi connectivity index (χ4v) is 6.44. The predicted octanol–water partition coefficient (Wildman–Crippen LogP) is 2.85. The molecule has 0 bridgehead atoms. The first-order chi connectivity index (χ1) is 16.5. The Bertz CT molecular complexity index is 1250. The maximum Gasteiger partial charge on any atom is 0.264 e. The number of nitrogens with zero attached hydrogens (tertiary/aromatic N) is 2. The molecule has 3 aliphatic rings. The summed E-state index contributed by atoms with van der Waals surface area (Å²) in [5.74, 6) is -0.335. The Morgan fingerprint density at radius 2 is 1.76 bits per heavy atom. The molecule has 1 fully saturated rings. The highest BCUT2D eigenvalue weighted by Crippen LogP contribution is 2.46. The second-order valence-corrected chi connectivity index (χ2v) is 10.00. The van der Waals surface area contributed by atoms with Crippen molar-refractivity contribution in [1.29, 1.82) is 0 Å². The third kappa shape index (κ3) is 3.21. The van der Waals surface area contributed by atoms with Crippen molar-refractivity contribution in [2.75, 3.05) is 24.5 Å². The smallest absolute Gasteiger partial charge is 0.264 e. The maximum absolute atomic E-state index is 13.6. The van der Waals surface area contributed by atoms with Crippen molar-refractivity contribution in [3.63, 3.8) is 0 Å². The van der Waals surface area contributed by atoms with Crippen LogP contribution in [-0.2, 0) is 16.8 Å². The molecule has 1 aliphatic carbocycles. The lowest BCUT2D eigenvalue weighted by atomic mass is 9.89. The molecule has 0 spiro atoms. The summed E-state index contributed by atoms with van der Waals surface area (Å²) in [6.45, 7) is 1.80. The van der Waals surface area contributed by atoms with E-state index in [0.717, 1.165) is 38.0 Å². The molecular formula is C28H31N3O3. The molecule has 4 N–H and O–H groups in total. The van der Waals surface area contributed by atoms with Crippen molar-refractivity contribution in [1.82, 2.24) is 4.90 Å². The van der Waals surface area contributed by atoms with Crippen LogP contribution in [0.25, 0.3) is 10.8 Å². The summed E-state index contributed by atoms with van der Waals surface area (Å²) in [7, 11) is 0. The molecule has 1 saturated heterocycles. The van der Waals surface area contributed by atoms with Gasteiger partial charge in [0.15, 0.2) is 5.60 Å². The van der Waals surface area contributed by atoms with E-state index < -0.39 is 11.7 Å². The standard InChI is InChI=1S/C28H31N3O3/c29-17-21(32)16-28(34)23-9-1-2-10-24(23)31(27(28)33)20-11-13-30(14-12-20)25-15-19-7-3-5-18-6-4-8-22(25)26(18)19/h1-10,20-21,25,32,34H,11-17,29H2/t21-,25?,28?/m0/s1. The molecule has 3 aromatic rings. The highest BCUT2D eigenvalue weighted by molar-refractivity contribution is 6.07. The molecule has 1 amide bonds. The van der Waals surface area contributed by atoms with Crippen LogP contribution in [0.3, 0.4) is 0 Å². The number of carbonyl (C=O) groups excluding carboxylic acids is 1. The lowest BCUT2D eigenvalue weighted by Crippen LogP contribution is -2.51. The summed E-state index contributed by atoms with van der Waals surface area (Å²) in [5, 5.41) is 24.3. The molecule has 2 unspecified atom stereocenters. The molecule has 2 aliphatic heterocycles. The van der Waals surface area contributed by atoms with Gasteiger partial charge in [-0.25, -0.2) is 0 Å². The van der Waals surface area contributed by atoms with Gasteiger partial charge in [0.25, 0.3) is 5.91 Å². The average Bonchev–Trinajstić information content (AvgIpc) is 3.34. The van der Waals surface area contributed by atoms with Crippen LogP contribution in [0, 0.1) is 0 Å². The van der Waals surface area contributed by atoms with Gasteiger partial charge in [0, 0.05) is 43.7 Å². The van der Waals surface area contributed by atoms with Crippen LogP contribution in [0.15, 0.2) is 60.7 Å². The summed E-state index contributed by atoms with van der Waals surface area (Å²) in [6.07, 6.45) is 1.70. The number of nitrogens with two attached hydrogens (primary N) is 1. The molecule has 0 aromatic heterocycles. The van der Waals surface area contributed by atoms with Crippen LogP contribution in [0.2, 0.25) is 0 Å². The minimum atomic E-state index is -1.73. The molecule has 6 nitrogen and oxygen atoms in total. The van der Waals surface area contributed by atoms with E-state index in [9.17, 15) is 15.0 Å². The lowest BCUT2D eigenvalue weighted by molar-refractivity contribution is -0.140. The fraction of sp³-hybridized carbons (Fsp3) is 0.393. The van der Waals surface area contributed by atoms with Crippen LogP contribution in [0.1, 0.15) is 42.0 Å². The number of aliphatic hydroxyl groups is 2. The minimum Gasteiger partial charge on any atom is -0.392 e. The van der Waals surface area contributed by atoms with Gasteiger partial charge >= 0.3 is 0 Å². The second kappa shape index (κ2) is 8.17. The van der Waals surface area contributed by atoms with Gasteiger partial charge in [-0.05, 0) is 47.2 Å². The van der Waals surface area contributed by atoms with E-state index in [2.05, 4.69) is 41.3 Å². The van der Waals surface area contributed by atoms with Gasteiger partial charge < -0.3 is 20.8 Å². The van der Waals surface area contributed by atoms with Crippen LogP contribution in [-0.4, -0.2) is 52.8 Å². The first-order valence-corrected chi connectivity index (χ1v) is 12.3. The molecule has 176 valence electrons. The van der Waals surface area contributed by atoms with Crippen molar-refractivity contribution >= 4 is 22.4 Å². The number of benzene rings is 3. The average molecular weight is 458 g/mol. The van der Waals surface area contributed by atoms with Gasteiger partial charge in [0.05, 0.1) is 11.8 Å². The van der Waals surface area contributed by atoms with Gasteiger partial charge in [-0.1, -0.05) is 54.6 Å². The van der Waals surface area contributed by atoms with E-state index in [0.29, 0.717) is 11.6 Å².